The Morgan fingerprint density at radius 1 is 1.21 bits per heavy atom. The highest BCUT2D eigenvalue weighted by Crippen LogP contribution is 2.21. The van der Waals surface area contributed by atoms with Crippen molar-refractivity contribution in [1.29, 1.82) is 5.26 Å². The zero-order valence-corrected chi connectivity index (χ0v) is 11.4. The van der Waals surface area contributed by atoms with Crippen molar-refractivity contribution in [3.05, 3.63) is 29.8 Å². The van der Waals surface area contributed by atoms with Gasteiger partial charge in [0.15, 0.2) is 5.78 Å². The molecule has 0 bridgehead atoms. The van der Waals surface area contributed by atoms with Gasteiger partial charge in [0.25, 0.3) is 0 Å². The van der Waals surface area contributed by atoms with Gasteiger partial charge in [0.1, 0.15) is 11.7 Å². The molecular weight excluding hydrogens is 238 g/mol. The Bertz CT molecular complexity index is 431. The molecule has 0 amide bonds. The molecule has 0 fully saturated rings. The predicted octanol–water partition coefficient (Wildman–Crippen LogP) is 3.93. The lowest BCUT2D eigenvalue weighted by atomic mass is 9.93. The molecule has 0 aliphatic rings. The van der Waals surface area contributed by atoms with Crippen LogP contribution in [0.5, 0.6) is 5.75 Å². The van der Waals surface area contributed by atoms with E-state index in [0.29, 0.717) is 12.0 Å². The van der Waals surface area contributed by atoms with Crippen LogP contribution in [0.1, 0.15) is 56.9 Å². The summed E-state index contributed by atoms with van der Waals surface area (Å²) >= 11 is 0. The van der Waals surface area contributed by atoms with E-state index in [1.165, 1.54) is 25.0 Å². The number of nitriles is 1. The Morgan fingerprint density at radius 2 is 1.84 bits per heavy atom. The molecule has 0 aliphatic carbocycles. The zero-order valence-electron chi connectivity index (χ0n) is 11.4. The second kappa shape index (κ2) is 8.31. The van der Waals surface area contributed by atoms with Crippen LogP contribution in [-0.2, 0) is 4.79 Å². The van der Waals surface area contributed by atoms with E-state index in [1.54, 1.807) is 12.1 Å². The number of hydrogen-bond acceptors (Lipinski definition) is 3. The number of phenols is 1. The summed E-state index contributed by atoms with van der Waals surface area (Å²) in [6, 6.07) is 8.35. The summed E-state index contributed by atoms with van der Waals surface area (Å²) in [7, 11) is 0. The molecule has 0 aliphatic heterocycles. The Balaban J connectivity index is 2.49. The lowest BCUT2D eigenvalue weighted by molar-refractivity contribution is -0.119. The summed E-state index contributed by atoms with van der Waals surface area (Å²) in [5.41, 5.74) is 0.666. The number of Topliss-reactive ketones (excluding diaryl/α,β-unsaturated/α-hetero) is 1. The van der Waals surface area contributed by atoms with Gasteiger partial charge >= 0.3 is 0 Å². The highest BCUT2D eigenvalue weighted by atomic mass is 16.3. The van der Waals surface area contributed by atoms with Gasteiger partial charge in [0.2, 0.25) is 0 Å². The number of nitrogens with zero attached hydrogens (tertiary/aromatic N) is 1. The molecular formula is C16H21NO2. The van der Waals surface area contributed by atoms with Gasteiger partial charge in [-0.3, -0.25) is 4.79 Å². The Morgan fingerprint density at radius 3 is 2.42 bits per heavy atom. The first-order chi connectivity index (χ1) is 9.19. The average molecular weight is 259 g/mol. The topological polar surface area (TPSA) is 61.1 Å². The van der Waals surface area contributed by atoms with Crippen molar-refractivity contribution >= 4 is 5.78 Å². The average Bonchev–Trinajstić information content (AvgIpc) is 2.41. The summed E-state index contributed by atoms with van der Waals surface area (Å²) in [4.78, 5) is 12.0. The molecule has 1 rings (SSSR count). The second-order valence-corrected chi connectivity index (χ2v) is 4.78. The number of aromatic hydroxyl groups is 1. The zero-order chi connectivity index (χ0) is 14.1. The smallest absolute Gasteiger partial charge is 0.154 e. The van der Waals surface area contributed by atoms with Crippen LogP contribution in [-0.4, -0.2) is 10.9 Å². The van der Waals surface area contributed by atoms with E-state index in [9.17, 15) is 9.90 Å². The van der Waals surface area contributed by atoms with E-state index in [1.807, 2.05) is 0 Å². The molecule has 3 nitrogen and oxygen atoms in total. The van der Waals surface area contributed by atoms with Gasteiger partial charge in [-0.05, 0) is 24.1 Å². The molecule has 1 aromatic rings. The Hall–Kier alpha value is -1.82. The Kier molecular flexibility index (Phi) is 6.67. The van der Waals surface area contributed by atoms with Gasteiger partial charge in [0, 0.05) is 6.42 Å². The van der Waals surface area contributed by atoms with Crippen molar-refractivity contribution < 1.29 is 9.90 Å². The number of hydrogen-bond donors (Lipinski definition) is 1. The molecule has 3 heteroatoms. The van der Waals surface area contributed by atoms with Crippen LogP contribution in [0.15, 0.2) is 24.3 Å². The van der Waals surface area contributed by atoms with Crippen LogP contribution in [0.25, 0.3) is 0 Å². The highest BCUT2D eigenvalue weighted by molar-refractivity contribution is 5.88. The van der Waals surface area contributed by atoms with Crippen LogP contribution in [0, 0.1) is 11.3 Å². The van der Waals surface area contributed by atoms with Gasteiger partial charge in [0.05, 0.1) is 6.07 Å². The van der Waals surface area contributed by atoms with Crippen molar-refractivity contribution in [2.45, 2.75) is 51.4 Å². The minimum absolute atomic E-state index is 0.0234. The van der Waals surface area contributed by atoms with Crippen LogP contribution < -0.4 is 0 Å². The summed E-state index contributed by atoms with van der Waals surface area (Å²) in [6.45, 7) is 2.15. The van der Waals surface area contributed by atoms with E-state index >= 15 is 0 Å². The van der Waals surface area contributed by atoms with E-state index in [0.717, 1.165) is 19.3 Å². The van der Waals surface area contributed by atoms with Crippen molar-refractivity contribution in [2.24, 2.45) is 0 Å². The molecule has 102 valence electrons. The molecule has 0 saturated carbocycles. The Labute approximate surface area is 114 Å². The number of carbonyl (C=O) groups excluding carboxylic acids is 1. The molecule has 0 spiro atoms. The number of unbranched alkanes of at least 4 members (excludes halogenated alkanes) is 4. The maximum Gasteiger partial charge on any atom is 0.154 e. The molecule has 1 aromatic carbocycles. The summed E-state index contributed by atoms with van der Waals surface area (Å²) in [5, 5.41) is 18.3. The monoisotopic (exact) mass is 259 g/mol. The van der Waals surface area contributed by atoms with Gasteiger partial charge in [-0.25, -0.2) is 0 Å². The van der Waals surface area contributed by atoms with Crippen molar-refractivity contribution in [2.75, 3.05) is 0 Å². The first-order valence-electron chi connectivity index (χ1n) is 6.90. The summed E-state index contributed by atoms with van der Waals surface area (Å²) in [6.07, 6.45) is 5.90. The van der Waals surface area contributed by atoms with Gasteiger partial charge in [-0.15, -0.1) is 0 Å². The first-order valence-corrected chi connectivity index (χ1v) is 6.90. The summed E-state index contributed by atoms with van der Waals surface area (Å²) < 4.78 is 0. The number of phenolic OH excluding ortho intramolecular Hbond substituents is 1. The SMILES string of the molecule is CCCCCCCC(=O)C(C#N)c1ccc(O)cc1. The molecule has 0 saturated heterocycles. The number of rotatable bonds is 8. The largest absolute Gasteiger partial charge is 0.508 e. The van der Waals surface area contributed by atoms with E-state index in [4.69, 9.17) is 5.26 Å². The maximum atomic E-state index is 12.0. The number of ketones is 1. The number of carbonyl (C=O) groups is 1. The molecule has 0 aromatic heterocycles. The normalized spacial score (nSPS) is 11.8. The lowest BCUT2D eigenvalue weighted by Gasteiger charge is -2.08. The molecule has 0 heterocycles. The minimum atomic E-state index is -0.702. The fourth-order valence-corrected chi connectivity index (χ4v) is 2.05. The molecule has 1 N–H and O–H groups in total. The van der Waals surface area contributed by atoms with E-state index in [-0.39, 0.29) is 11.5 Å². The molecule has 1 unspecified atom stereocenters. The van der Waals surface area contributed by atoms with Crippen LogP contribution >= 0.6 is 0 Å². The third kappa shape index (κ3) is 5.13. The van der Waals surface area contributed by atoms with Crippen molar-refractivity contribution in [1.82, 2.24) is 0 Å². The fourth-order valence-electron chi connectivity index (χ4n) is 2.05. The standard InChI is InChI=1S/C16H21NO2/c1-2-3-4-5-6-7-16(19)15(12-17)13-8-10-14(18)11-9-13/h8-11,15,18H,2-7H2,1H3. The first kappa shape index (κ1) is 15.2. The van der Waals surface area contributed by atoms with Crippen LogP contribution in [0.3, 0.4) is 0 Å². The van der Waals surface area contributed by atoms with Gasteiger partial charge in [-0.2, -0.15) is 5.26 Å². The fraction of sp³-hybridized carbons (Fsp3) is 0.500. The highest BCUT2D eigenvalue weighted by Gasteiger charge is 2.19. The molecule has 1 atom stereocenters. The summed E-state index contributed by atoms with van der Waals surface area (Å²) in [5.74, 6) is -0.580. The third-order valence-corrected chi connectivity index (χ3v) is 3.20. The third-order valence-electron chi connectivity index (χ3n) is 3.20. The van der Waals surface area contributed by atoms with E-state index < -0.39 is 5.92 Å². The van der Waals surface area contributed by atoms with Crippen molar-refractivity contribution in [3.8, 4) is 11.8 Å². The number of benzene rings is 1. The maximum absolute atomic E-state index is 12.0. The second-order valence-electron chi connectivity index (χ2n) is 4.78. The minimum Gasteiger partial charge on any atom is -0.508 e. The van der Waals surface area contributed by atoms with Gasteiger partial charge < -0.3 is 5.11 Å². The van der Waals surface area contributed by atoms with Crippen LogP contribution in [0.2, 0.25) is 0 Å². The predicted molar refractivity (Wildman–Crippen MR) is 74.8 cm³/mol. The lowest BCUT2D eigenvalue weighted by Crippen LogP contribution is -2.10. The van der Waals surface area contributed by atoms with Crippen LogP contribution in [0.4, 0.5) is 0 Å². The molecule has 0 radical (unpaired) electrons. The quantitative estimate of drug-likeness (QED) is 0.719. The van der Waals surface area contributed by atoms with Gasteiger partial charge in [-0.1, -0.05) is 44.7 Å². The molecule has 19 heavy (non-hydrogen) atoms. The van der Waals surface area contributed by atoms with E-state index in [2.05, 4.69) is 13.0 Å². The van der Waals surface area contributed by atoms with Crippen molar-refractivity contribution in [3.63, 3.8) is 0 Å².